The lowest BCUT2D eigenvalue weighted by Crippen LogP contribution is -2.32. The van der Waals surface area contributed by atoms with Crippen molar-refractivity contribution >= 4 is 29.4 Å². The lowest BCUT2D eigenvalue weighted by molar-refractivity contribution is -0.112. The molecule has 4 N–H and O–H groups in total. The zero-order chi connectivity index (χ0) is 10.3. The van der Waals surface area contributed by atoms with Gasteiger partial charge in [0.1, 0.15) is 4.86 Å². The molecule has 5 nitrogen and oxygen atoms in total. The van der Waals surface area contributed by atoms with E-state index in [2.05, 4.69) is 17.5 Å². The van der Waals surface area contributed by atoms with E-state index in [-0.39, 0.29) is 4.86 Å². The van der Waals surface area contributed by atoms with Gasteiger partial charge in [-0.3, -0.25) is 9.59 Å². The van der Waals surface area contributed by atoms with E-state index in [1.54, 1.807) is 0 Å². The Kier molecular flexibility index (Phi) is 5.99. The summed E-state index contributed by atoms with van der Waals surface area (Å²) in [6.07, 6.45) is 0.454. The smallest absolute Gasteiger partial charge is 0.258 e. The summed E-state index contributed by atoms with van der Waals surface area (Å²) in [7, 11) is 0. The summed E-state index contributed by atoms with van der Waals surface area (Å²) in [5, 5.41) is 11.6. The van der Waals surface area contributed by atoms with Gasteiger partial charge >= 0.3 is 0 Å². The zero-order valence-corrected chi connectivity index (χ0v) is 7.84. The molecule has 0 aromatic rings. The highest BCUT2D eigenvalue weighted by atomic mass is 32.1. The summed E-state index contributed by atoms with van der Waals surface area (Å²) in [4.78, 5) is 20.1. The van der Waals surface area contributed by atoms with Gasteiger partial charge in [0.15, 0.2) is 0 Å². The Bertz CT molecular complexity index is 208. The lowest BCUT2D eigenvalue weighted by atomic mass is 10.1. The molecule has 1 atom stereocenters. The second kappa shape index (κ2) is 6.50. The van der Waals surface area contributed by atoms with E-state index in [1.807, 2.05) is 0 Å². The summed E-state index contributed by atoms with van der Waals surface area (Å²) in [5.41, 5.74) is 4.86. The number of thiocarbonyl (C=S) groups is 1. The van der Waals surface area contributed by atoms with Crippen molar-refractivity contribution in [2.24, 2.45) is 5.73 Å². The van der Waals surface area contributed by atoms with Crippen LogP contribution < -0.4 is 11.1 Å². The van der Waals surface area contributed by atoms with Crippen LogP contribution in [0.5, 0.6) is 0 Å². The number of aliphatic hydroxyl groups excluding tert-OH is 1. The van der Waals surface area contributed by atoms with Crippen LogP contribution in [-0.2, 0) is 9.59 Å². The van der Waals surface area contributed by atoms with Gasteiger partial charge in [0.2, 0.25) is 6.41 Å². The fourth-order valence-corrected chi connectivity index (χ4v) is 0.870. The topological polar surface area (TPSA) is 92.4 Å². The van der Waals surface area contributed by atoms with Crippen molar-refractivity contribution in [2.45, 2.75) is 18.9 Å². The Labute approximate surface area is 81.3 Å². The van der Waals surface area contributed by atoms with Crippen LogP contribution >= 0.6 is 12.2 Å². The van der Waals surface area contributed by atoms with E-state index < -0.39 is 12.0 Å². The Morgan fingerprint density at radius 2 is 2.31 bits per heavy atom. The number of nitrogens with two attached hydrogens (primary N) is 1. The molecule has 0 rings (SSSR count). The first-order valence-corrected chi connectivity index (χ1v) is 4.19. The fourth-order valence-electron chi connectivity index (χ4n) is 0.752. The first-order chi connectivity index (χ1) is 6.09. The van der Waals surface area contributed by atoms with Crippen molar-refractivity contribution in [3.8, 4) is 0 Å². The van der Waals surface area contributed by atoms with Gasteiger partial charge in [-0.1, -0.05) is 12.2 Å². The van der Waals surface area contributed by atoms with Crippen molar-refractivity contribution in [1.29, 1.82) is 0 Å². The average Bonchev–Trinajstić information content (AvgIpc) is 2.10. The van der Waals surface area contributed by atoms with Crippen molar-refractivity contribution in [3.05, 3.63) is 0 Å². The molecule has 0 saturated carbocycles. The standard InChI is InChI=1S/C7H12N2O3S/c8-7(12)6(13)5(11)2-1-3-9-4-10/h4-5,11H,1-3H2,(H2,8,12)(H,9,10). The molecule has 6 heteroatoms. The van der Waals surface area contributed by atoms with Gasteiger partial charge in [-0.2, -0.15) is 0 Å². The van der Waals surface area contributed by atoms with Crippen molar-refractivity contribution < 1.29 is 14.7 Å². The maximum Gasteiger partial charge on any atom is 0.258 e. The number of rotatable bonds is 7. The van der Waals surface area contributed by atoms with Crippen LogP contribution in [0.2, 0.25) is 0 Å². The third kappa shape index (κ3) is 5.26. The van der Waals surface area contributed by atoms with Gasteiger partial charge in [0.05, 0.1) is 6.10 Å². The number of aliphatic hydroxyl groups is 1. The average molecular weight is 204 g/mol. The molecular formula is C7H12N2O3S. The van der Waals surface area contributed by atoms with Crippen LogP contribution in [0, 0.1) is 0 Å². The molecule has 2 amide bonds. The zero-order valence-electron chi connectivity index (χ0n) is 7.03. The largest absolute Gasteiger partial charge is 0.387 e. The highest BCUT2D eigenvalue weighted by Crippen LogP contribution is 1.98. The number of carbonyl (C=O) groups excluding carboxylic acids is 2. The summed E-state index contributed by atoms with van der Waals surface area (Å²) in [6, 6.07) is 0. The number of primary amides is 1. The maximum absolute atomic E-state index is 10.5. The summed E-state index contributed by atoms with van der Waals surface area (Å²) in [5.74, 6) is -0.772. The molecule has 0 fully saturated rings. The minimum atomic E-state index is -0.985. The predicted octanol–water partition coefficient (Wildman–Crippen LogP) is -1.27. The number of nitrogens with one attached hydrogen (secondary N) is 1. The monoisotopic (exact) mass is 204 g/mol. The minimum Gasteiger partial charge on any atom is -0.387 e. The molecular weight excluding hydrogens is 192 g/mol. The van der Waals surface area contributed by atoms with Crippen molar-refractivity contribution in [2.75, 3.05) is 6.54 Å². The van der Waals surface area contributed by atoms with Crippen molar-refractivity contribution in [1.82, 2.24) is 5.32 Å². The fraction of sp³-hybridized carbons (Fsp3) is 0.571. The third-order valence-corrected chi connectivity index (χ3v) is 1.90. The Balaban J connectivity index is 3.61. The Morgan fingerprint density at radius 3 is 2.77 bits per heavy atom. The normalized spacial score (nSPS) is 11.8. The van der Waals surface area contributed by atoms with Gasteiger partial charge < -0.3 is 16.2 Å². The molecule has 0 spiro atoms. The summed E-state index contributed by atoms with van der Waals surface area (Å²) >= 11 is 4.56. The molecule has 74 valence electrons. The molecule has 0 aliphatic rings. The second-order valence-electron chi connectivity index (χ2n) is 2.46. The number of hydrogen-bond acceptors (Lipinski definition) is 4. The highest BCUT2D eigenvalue weighted by Gasteiger charge is 2.14. The molecule has 0 aliphatic heterocycles. The van der Waals surface area contributed by atoms with E-state index in [1.165, 1.54) is 0 Å². The van der Waals surface area contributed by atoms with Crippen LogP contribution in [-0.4, -0.2) is 34.9 Å². The Hall–Kier alpha value is -1.01. The molecule has 0 radical (unpaired) electrons. The van der Waals surface area contributed by atoms with Gasteiger partial charge in [-0.05, 0) is 12.8 Å². The maximum atomic E-state index is 10.5. The van der Waals surface area contributed by atoms with Crippen LogP contribution in [0.15, 0.2) is 0 Å². The van der Waals surface area contributed by atoms with Gasteiger partial charge in [0, 0.05) is 6.54 Å². The number of carbonyl (C=O) groups is 2. The molecule has 1 unspecified atom stereocenters. The first kappa shape index (κ1) is 12.0. The number of hydrogen-bond donors (Lipinski definition) is 3. The second-order valence-corrected chi connectivity index (χ2v) is 2.90. The molecule has 0 aromatic heterocycles. The highest BCUT2D eigenvalue weighted by molar-refractivity contribution is 7.82. The molecule has 13 heavy (non-hydrogen) atoms. The van der Waals surface area contributed by atoms with E-state index in [0.29, 0.717) is 25.8 Å². The SMILES string of the molecule is NC(=O)C(=S)C(O)CCCNC=O. The van der Waals surface area contributed by atoms with E-state index in [4.69, 9.17) is 5.73 Å². The number of amides is 2. The third-order valence-electron chi connectivity index (χ3n) is 1.43. The Morgan fingerprint density at radius 1 is 1.69 bits per heavy atom. The molecule has 0 aromatic carbocycles. The summed E-state index contributed by atoms with van der Waals surface area (Å²) < 4.78 is 0. The summed E-state index contributed by atoms with van der Waals surface area (Å²) in [6.45, 7) is 0.446. The minimum absolute atomic E-state index is 0.161. The van der Waals surface area contributed by atoms with Crippen LogP contribution in [0.25, 0.3) is 0 Å². The van der Waals surface area contributed by atoms with E-state index in [0.717, 1.165) is 0 Å². The quantitative estimate of drug-likeness (QED) is 0.274. The van der Waals surface area contributed by atoms with Crippen LogP contribution in [0.3, 0.4) is 0 Å². The lowest BCUT2D eigenvalue weighted by Gasteiger charge is -2.08. The molecule has 0 bridgehead atoms. The van der Waals surface area contributed by atoms with Crippen LogP contribution in [0.1, 0.15) is 12.8 Å². The molecule has 0 saturated heterocycles. The predicted molar refractivity (Wildman–Crippen MR) is 51.1 cm³/mol. The van der Waals surface area contributed by atoms with Gasteiger partial charge in [0.25, 0.3) is 5.91 Å². The van der Waals surface area contributed by atoms with Gasteiger partial charge in [-0.25, -0.2) is 0 Å². The van der Waals surface area contributed by atoms with Crippen molar-refractivity contribution in [3.63, 3.8) is 0 Å². The molecule has 0 heterocycles. The molecule has 0 aliphatic carbocycles. The first-order valence-electron chi connectivity index (χ1n) is 3.78. The van der Waals surface area contributed by atoms with Gasteiger partial charge in [-0.15, -0.1) is 0 Å². The van der Waals surface area contributed by atoms with Crippen LogP contribution in [0.4, 0.5) is 0 Å². The van der Waals surface area contributed by atoms with E-state index >= 15 is 0 Å². The van der Waals surface area contributed by atoms with E-state index in [9.17, 15) is 14.7 Å².